The van der Waals surface area contributed by atoms with Crippen LogP contribution < -0.4 is 10.6 Å². The van der Waals surface area contributed by atoms with Gasteiger partial charge < -0.3 is 15.1 Å². The van der Waals surface area contributed by atoms with Gasteiger partial charge in [0.15, 0.2) is 0 Å². The van der Waals surface area contributed by atoms with Crippen LogP contribution >= 0.6 is 0 Å². The van der Waals surface area contributed by atoms with E-state index in [0.29, 0.717) is 25.1 Å². The van der Waals surface area contributed by atoms with E-state index < -0.39 is 11.6 Å². The van der Waals surface area contributed by atoms with Crippen LogP contribution in [0.15, 0.2) is 42.6 Å². The van der Waals surface area contributed by atoms with Crippen LogP contribution in [0.2, 0.25) is 0 Å². The zero-order valence-corrected chi connectivity index (χ0v) is 18.3. The highest BCUT2D eigenvalue weighted by Crippen LogP contribution is 2.37. The molecular weight excluding hydrogens is 422 g/mol. The summed E-state index contributed by atoms with van der Waals surface area (Å²) in [7, 11) is 1.61. The number of anilines is 1. The SMILES string of the molecule is CN1C(=O)NC(=O)C12Cc1cnc(NC(=O)CN3C(=O)CCC[C@H]3c3ccccc3)cc1C2. The number of likely N-dealkylation sites (N-methyl/N-ethyl adjacent to an activating group) is 1. The lowest BCUT2D eigenvalue weighted by atomic mass is 9.95. The van der Waals surface area contributed by atoms with Gasteiger partial charge >= 0.3 is 6.03 Å². The number of nitrogens with zero attached hydrogens (tertiary/aromatic N) is 3. The number of aromatic nitrogens is 1. The number of urea groups is 1. The largest absolute Gasteiger partial charge is 0.326 e. The summed E-state index contributed by atoms with van der Waals surface area (Å²) in [6.45, 7) is -0.0548. The number of hydrogen-bond acceptors (Lipinski definition) is 5. The molecule has 3 heterocycles. The van der Waals surface area contributed by atoms with Gasteiger partial charge in [-0.3, -0.25) is 19.7 Å². The molecule has 1 aromatic carbocycles. The van der Waals surface area contributed by atoms with Gasteiger partial charge in [0, 0.05) is 32.5 Å². The molecule has 0 bridgehead atoms. The molecule has 1 unspecified atom stereocenters. The van der Waals surface area contributed by atoms with Gasteiger partial charge in [0.25, 0.3) is 5.91 Å². The summed E-state index contributed by atoms with van der Waals surface area (Å²) in [5.74, 6) is -0.303. The first-order valence-corrected chi connectivity index (χ1v) is 11.1. The third-order valence-corrected chi connectivity index (χ3v) is 6.97. The van der Waals surface area contributed by atoms with Gasteiger partial charge in [-0.15, -0.1) is 0 Å². The third-order valence-electron chi connectivity index (χ3n) is 6.97. The standard InChI is InChI=1S/C24H25N5O4/c1-28-23(33)27-22(32)24(28)11-16-10-19(25-13-17(16)12-24)26-20(30)14-29-18(8-5-9-21(29)31)15-6-3-2-4-7-15/h2-4,6-7,10,13,18H,5,8-9,11-12,14H2,1H3,(H,25,26,30)(H,27,32,33)/t18-,24?/m0/s1. The molecule has 1 spiro atoms. The quantitative estimate of drug-likeness (QED) is 0.694. The average molecular weight is 447 g/mol. The predicted molar refractivity (Wildman–Crippen MR) is 119 cm³/mol. The number of nitrogens with one attached hydrogen (secondary N) is 2. The number of imide groups is 1. The summed E-state index contributed by atoms with van der Waals surface area (Å²) in [6, 6.07) is 11.0. The van der Waals surface area contributed by atoms with Crippen molar-refractivity contribution in [3.63, 3.8) is 0 Å². The van der Waals surface area contributed by atoms with Crippen LogP contribution in [0.4, 0.5) is 10.6 Å². The maximum atomic E-state index is 12.8. The van der Waals surface area contributed by atoms with Crippen molar-refractivity contribution < 1.29 is 19.2 Å². The Hall–Kier alpha value is -3.75. The number of likely N-dealkylation sites (tertiary alicyclic amines) is 1. The van der Waals surface area contributed by atoms with Crippen molar-refractivity contribution in [3.8, 4) is 0 Å². The number of hydrogen-bond donors (Lipinski definition) is 2. The molecule has 2 saturated heterocycles. The fraction of sp³-hybridized carbons (Fsp3) is 0.375. The normalized spacial score (nSPS) is 24.3. The summed E-state index contributed by atoms with van der Waals surface area (Å²) in [4.78, 5) is 57.3. The zero-order chi connectivity index (χ0) is 23.2. The average Bonchev–Trinajstić information content (AvgIpc) is 3.28. The Morgan fingerprint density at radius 1 is 1.18 bits per heavy atom. The maximum Gasteiger partial charge on any atom is 0.324 e. The molecule has 2 N–H and O–H groups in total. The Bertz CT molecular complexity index is 1150. The van der Waals surface area contributed by atoms with Crippen molar-refractivity contribution in [2.45, 2.75) is 43.7 Å². The molecule has 5 amide bonds. The summed E-state index contributed by atoms with van der Waals surface area (Å²) < 4.78 is 0. The number of carbonyl (C=O) groups is 4. The number of piperidine rings is 1. The van der Waals surface area contributed by atoms with Crippen LogP contribution in [0.25, 0.3) is 0 Å². The Balaban J connectivity index is 1.30. The lowest BCUT2D eigenvalue weighted by Crippen LogP contribution is -2.48. The first-order chi connectivity index (χ1) is 15.9. The molecule has 2 fully saturated rings. The van der Waals surface area contributed by atoms with Crippen LogP contribution in [0.1, 0.15) is 42.0 Å². The van der Waals surface area contributed by atoms with Gasteiger partial charge in [-0.05, 0) is 35.6 Å². The minimum Gasteiger partial charge on any atom is -0.326 e. The van der Waals surface area contributed by atoms with Crippen molar-refractivity contribution in [3.05, 3.63) is 59.3 Å². The second-order valence-electron chi connectivity index (χ2n) is 8.93. The topological polar surface area (TPSA) is 112 Å². The Kier molecular flexibility index (Phi) is 5.11. The molecule has 5 rings (SSSR count). The molecule has 1 aromatic heterocycles. The molecule has 0 saturated carbocycles. The number of rotatable bonds is 4. The molecule has 0 radical (unpaired) electrons. The van der Waals surface area contributed by atoms with Crippen LogP contribution in [-0.4, -0.2) is 57.7 Å². The van der Waals surface area contributed by atoms with Gasteiger partial charge in [-0.25, -0.2) is 9.78 Å². The highest BCUT2D eigenvalue weighted by molar-refractivity contribution is 6.07. The molecule has 33 heavy (non-hydrogen) atoms. The maximum absolute atomic E-state index is 12.8. The van der Waals surface area contributed by atoms with Gasteiger partial charge in [0.1, 0.15) is 17.9 Å². The van der Waals surface area contributed by atoms with Crippen LogP contribution in [0.5, 0.6) is 0 Å². The van der Waals surface area contributed by atoms with E-state index in [1.54, 1.807) is 24.2 Å². The Labute approximate surface area is 191 Å². The van der Waals surface area contributed by atoms with E-state index in [9.17, 15) is 19.2 Å². The van der Waals surface area contributed by atoms with Gasteiger partial charge in [0.05, 0.1) is 6.04 Å². The fourth-order valence-electron chi connectivity index (χ4n) is 5.13. The van der Waals surface area contributed by atoms with Gasteiger partial charge in [0.2, 0.25) is 11.8 Å². The molecule has 3 aliphatic rings. The molecule has 9 heteroatoms. The predicted octanol–water partition coefficient (Wildman–Crippen LogP) is 1.79. The van der Waals surface area contributed by atoms with Crippen LogP contribution in [0, 0.1) is 0 Å². The second-order valence-corrected chi connectivity index (χ2v) is 8.93. The lowest BCUT2D eigenvalue weighted by molar-refractivity contribution is -0.139. The van der Waals surface area contributed by atoms with E-state index in [1.807, 2.05) is 30.3 Å². The number of amides is 5. The van der Waals surface area contributed by atoms with Crippen LogP contribution in [-0.2, 0) is 27.2 Å². The number of carbonyl (C=O) groups excluding carboxylic acids is 4. The van der Waals surface area contributed by atoms with E-state index in [0.717, 1.165) is 29.5 Å². The number of benzene rings is 1. The Morgan fingerprint density at radius 2 is 1.94 bits per heavy atom. The first-order valence-electron chi connectivity index (χ1n) is 11.1. The van der Waals surface area contributed by atoms with Crippen molar-refractivity contribution in [1.82, 2.24) is 20.1 Å². The number of pyridine rings is 1. The monoisotopic (exact) mass is 447 g/mol. The molecule has 1 aliphatic carbocycles. The van der Waals surface area contributed by atoms with Crippen molar-refractivity contribution in [2.75, 3.05) is 18.9 Å². The van der Waals surface area contributed by atoms with Gasteiger partial charge in [-0.2, -0.15) is 0 Å². The molecule has 2 aliphatic heterocycles. The van der Waals surface area contributed by atoms with Crippen molar-refractivity contribution in [2.24, 2.45) is 0 Å². The molecule has 170 valence electrons. The van der Waals surface area contributed by atoms with E-state index in [-0.39, 0.29) is 30.3 Å². The molecule has 9 nitrogen and oxygen atoms in total. The smallest absolute Gasteiger partial charge is 0.324 e. The number of fused-ring (bicyclic) bond motifs is 1. The highest BCUT2D eigenvalue weighted by atomic mass is 16.2. The van der Waals surface area contributed by atoms with Crippen molar-refractivity contribution in [1.29, 1.82) is 0 Å². The van der Waals surface area contributed by atoms with E-state index in [4.69, 9.17) is 0 Å². The van der Waals surface area contributed by atoms with Crippen molar-refractivity contribution >= 4 is 29.6 Å². The van der Waals surface area contributed by atoms with E-state index in [1.165, 1.54) is 4.90 Å². The van der Waals surface area contributed by atoms with E-state index >= 15 is 0 Å². The summed E-state index contributed by atoms with van der Waals surface area (Å²) in [5, 5.41) is 5.17. The fourth-order valence-corrected chi connectivity index (χ4v) is 5.13. The van der Waals surface area contributed by atoms with Crippen LogP contribution in [0.3, 0.4) is 0 Å². The molecular formula is C24H25N5O4. The lowest BCUT2D eigenvalue weighted by Gasteiger charge is -2.35. The third kappa shape index (κ3) is 3.63. The van der Waals surface area contributed by atoms with E-state index in [2.05, 4.69) is 15.6 Å². The Morgan fingerprint density at radius 3 is 2.67 bits per heavy atom. The highest BCUT2D eigenvalue weighted by Gasteiger charge is 2.54. The zero-order valence-electron chi connectivity index (χ0n) is 18.3. The molecule has 2 atom stereocenters. The molecule has 2 aromatic rings. The first kappa shape index (κ1) is 21.1. The summed E-state index contributed by atoms with van der Waals surface area (Å²) in [5.41, 5.74) is 1.83. The summed E-state index contributed by atoms with van der Waals surface area (Å²) in [6.07, 6.45) is 4.44. The summed E-state index contributed by atoms with van der Waals surface area (Å²) >= 11 is 0. The minimum absolute atomic E-state index is 0.0333. The second kappa shape index (κ2) is 7.99. The van der Waals surface area contributed by atoms with Gasteiger partial charge in [-0.1, -0.05) is 30.3 Å². The minimum atomic E-state index is -0.938.